The van der Waals surface area contributed by atoms with Gasteiger partial charge in [-0.15, -0.1) is 0 Å². The van der Waals surface area contributed by atoms with Gasteiger partial charge in [-0.25, -0.2) is 9.78 Å². The summed E-state index contributed by atoms with van der Waals surface area (Å²) in [5.74, 6) is 0.733. The van der Waals surface area contributed by atoms with Crippen LogP contribution in [0.15, 0.2) is 71.8 Å². The number of aryl methyl sites for hydroxylation is 1. The summed E-state index contributed by atoms with van der Waals surface area (Å²) < 4.78 is 5.30. The number of carbonyl (C=O) groups excluding carboxylic acids is 1. The third-order valence-electron chi connectivity index (χ3n) is 5.21. The highest BCUT2D eigenvalue weighted by molar-refractivity contribution is 5.80. The monoisotopic (exact) mass is 403 g/mol. The van der Waals surface area contributed by atoms with Gasteiger partial charge in [0.15, 0.2) is 0 Å². The first kappa shape index (κ1) is 19.7. The molecule has 2 aromatic heterocycles. The molecule has 1 amide bonds. The maximum atomic E-state index is 12.7. The van der Waals surface area contributed by atoms with Crippen LogP contribution in [0.5, 0.6) is 0 Å². The second kappa shape index (κ2) is 8.82. The van der Waals surface area contributed by atoms with Crippen LogP contribution in [0.4, 0.5) is 0 Å². The highest BCUT2D eigenvalue weighted by Gasteiger charge is 2.14. The zero-order valence-corrected chi connectivity index (χ0v) is 17.0. The zero-order chi connectivity index (χ0) is 20.9. The number of aromatic nitrogens is 4. The minimum atomic E-state index is -0.183. The fourth-order valence-electron chi connectivity index (χ4n) is 3.74. The Hall–Kier alpha value is -3.61. The van der Waals surface area contributed by atoms with E-state index >= 15 is 0 Å². The maximum absolute atomic E-state index is 12.7. The van der Waals surface area contributed by atoms with Gasteiger partial charge in [0.05, 0.1) is 11.0 Å². The van der Waals surface area contributed by atoms with Crippen molar-refractivity contribution in [3.63, 3.8) is 0 Å². The summed E-state index contributed by atoms with van der Waals surface area (Å²) in [4.78, 5) is 29.6. The molecular weight excluding hydrogens is 378 g/mol. The number of para-hydroxylation sites is 2. The first-order valence-corrected chi connectivity index (χ1v) is 10.2. The molecule has 2 aromatic carbocycles. The molecule has 0 atom stereocenters. The van der Waals surface area contributed by atoms with Crippen LogP contribution in [0.25, 0.3) is 11.0 Å². The minimum Gasteiger partial charge on any atom is -0.354 e. The molecule has 0 aliphatic heterocycles. The number of hydrogen-bond donors (Lipinski definition) is 1. The molecule has 0 radical (unpaired) electrons. The maximum Gasteiger partial charge on any atom is 0.329 e. The van der Waals surface area contributed by atoms with Gasteiger partial charge in [0.25, 0.3) is 0 Å². The molecule has 0 spiro atoms. The zero-order valence-electron chi connectivity index (χ0n) is 17.0. The predicted octanol–water partition coefficient (Wildman–Crippen LogP) is 2.43. The molecular formula is C23H25N5O2. The number of imidazole rings is 2. The Morgan fingerprint density at radius 1 is 1.00 bits per heavy atom. The summed E-state index contributed by atoms with van der Waals surface area (Å²) in [6.07, 6.45) is 4.35. The average molecular weight is 403 g/mol. The molecule has 0 fully saturated rings. The van der Waals surface area contributed by atoms with Crippen LogP contribution in [0, 0.1) is 0 Å². The molecule has 0 saturated heterocycles. The van der Waals surface area contributed by atoms with Crippen LogP contribution >= 0.6 is 0 Å². The third kappa shape index (κ3) is 4.05. The molecule has 0 aliphatic rings. The largest absolute Gasteiger partial charge is 0.354 e. The predicted molar refractivity (Wildman–Crippen MR) is 116 cm³/mol. The van der Waals surface area contributed by atoms with E-state index in [-0.39, 0.29) is 18.1 Å². The van der Waals surface area contributed by atoms with Crippen LogP contribution in [0.3, 0.4) is 0 Å². The summed E-state index contributed by atoms with van der Waals surface area (Å²) in [5, 5.41) is 2.92. The lowest BCUT2D eigenvalue weighted by Crippen LogP contribution is -2.34. The van der Waals surface area contributed by atoms with E-state index in [4.69, 9.17) is 0 Å². The standard InChI is InChI=1S/C23H25N5O2/c1-2-27-19-10-6-7-11-20(19)28(23(27)30)17-22(29)25-13-12-21-24-14-15-26(21)16-18-8-4-3-5-9-18/h3-11,14-15H,2,12-13,16-17H2,1H3,(H,25,29). The van der Waals surface area contributed by atoms with Gasteiger partial charge in [0, 0.05) is 38.4 Å². The molecule has 0 aliphatic carbocycles. The molecule has 7 heteroatoms. The van der Waals surface area contributed by atoms with Crippen molar-refractivity contribution < 1.29 is 4.79 Å². The number of nitrogens with one attached hydrogen (secondary N) is 1. The lowest BCUT2D eigenvalue weighted by atomic mass is 10.2. The summed E-state index contributed by atoms with van der Waals surface area (Å²) in [5.41, 5.74) is 2.67. The van der Waals surface area contributed by atoms with E-state index < -0.39 is 0 Å². The number of nitrogens with zero attached hydrogens (tertiary/aromatic N) is 4. The Labute approximate surface area is 174 Å². The average Bonchev–Trinajstić information content (AvgIpc) is 3.31. The molecule has 4 aromatic rings. The van der Waals surface area contributed by atoms with Gasteiger partial charge >= 0.3 is 5.69 Å². The van der Waals surface area contributed by atoms with Crippen LogP contribution in [0.1, 0.15) is 18.3 Å². The Morgan fingerprint density at radius 2 is 1.70 bits per heavy atom. The summed E-state index contributed by atoms with van der Waals surface area (Å²) in [6.45, 7) is 3.71. The van der Waals surface area contributed by atoms with Crippen LogP contribution < -0.4 is 11.0 Å². The van der Waals surface area contributed by atoms with Crippen molar-refractivity contribution in [3.05, 3.63) is 88.9 Å². The molecule has 2 heterocycles. The second-order valence-corrected chi connectivity index (χ2v) is 7.16. The molecule has 30 heavy (non-hydrogen) atoms. The van der Waals surface area contributed by atoms with Crippen molar-refractivity contribution in [1.29, 1.82) is 0 Å². The van der Waals surface area contributed by atoms with Gasteiger partial charge in [-0.3, -0.25) is 13.9 Å². The van der Waals surface area contributed by atoms with E-state index in [2.05, 4.69) is 27.0 Å². The van der Waals surface area contributed by atoms with E-state index in [1.165, 1.54) is 10.1 Å². The van der Waals surface area contributed by atoms with E-state index in [0.29, 0.717) is 19.5 Å². The Bertz CT molecular complexity index is 1200. The van der Waals surface area contributed by atoms with E-state index in [1.54, 1.807) is 10.8 Å². The quantitative estimate of drug-likeness (QED) is 0.491. The number of benzene rings is 2. The lowest BCUT2D eigenvalue weighted by Gasteiger charge is -2.09. The smallest absolute Gasteiger partial charge is 0.329 e. The fraction of sp³-hybridized carbons (Fsp3) is 0.261. The summed E-state index contributed by atoms with van der Waals surface area (Å²) in [6, 6.07) is 17.7. The van der Waals surface area contributed by atoms with E-state index in [1.807, 2.05) is 55.6 Å². The van der Waals surface area contributed by atoms with Crippen LogP contribution in [-0.4, -0.2) is 31.1 Å². The highest BCUT2D eigenvalue weighted by atomic mass is 16.2. The first-order valence-electron chi connectivity index (χ1n) is 10.2. The number of rotatable bonds is 8. The van der Waals surface area contributed by atoms with Gasteiger partial charge < -0.3 is 9.88 Å². The van der Waals surface area contributed by atoms with Gasteiger partial charge in [-0.2, -0.15) is 0 Å². The summed E-state index contributed by atoms with van der Waals surface area (Å²) >= 11 is 0. The number of carbonyl (C=O) groups is 1. The van der Waals surface area contributed by atoms with Gasteiger partial charge in [-0.1, -0.05) is 42.5 Å². The van der Waals surface area contributed by atoms with E-state index in [0.717, 1.165) is 23.4 Å². The molecule has 0 saturated carbocycles. The summed E-state index contributed by atoms with van der Waals surface area (Å²) in [7, 11) is 0. The number of amides is 1. The van der Waals surface area contributed by atoms with Crippen molar-refractivity contribution in [2.45, 2.75) is 33.0 Å². The van der Waals surface area contributed by atoms with Crippen molar-refractivity contribution >= 4 is 16.9 Å². The van der Waals surface area contributed by atoms with Crippen molar-refractivity contribution in [1.82, 2.24) is 24.0 Å². The minimum absolute atomic E-state index is 0.00476. The Morgan fingerprint density at radius 3 is 2.43 bits per heavy atom. The SMILES string of the molecule is CCn1c(=O)n(CC(=O)NCCc2nccn2Cc2ccccc2)c2ccccc21. The van der Waals surface area contributed by atoms with Crippen LogP contribution in [0.2, 0.25) is 0 Å². The second-order valence-electron chi connectivity index (χ2n) is 7.16. The molecule has 0 bridgehead atoms. The first-order chi connectivity index (χ1) is 14.7. The van der Waals surface area contributed by atoms with E-state index in [9.17, 15) is 9.59 Å². The third-order valence-corrected chi connectivity index (χ3v) is 5.21. The van der Waals surface area contributed by atoms with Gasteiger partial charge in [-0.05, 0) is 24.6 Å². The topological polar surface area (TPSA) is 73.8 Å². The Kier molecular flexibility index (Phi) is 5.79. The number of hydrogen-bond acceptors (Lipinski definition) is 3. The van der Waals surface area contributed by atoms with Crippen molar-refractivity contribution in [2.75, 3.05) is 6.54 Å². The molecule has 0 unspecified atom stereocenters. The lowest BCUT2D eigenvalue weighted by molar-refractivity contribution is -0.121. The van der Waals surface area contributed by atoms with Gasteiger partial charge in [0.1, 0.15) is 12.4 Å². The molecule has 154 valence electrons. The van der Waals surface area contributed by atoms with Crippen LogP contribution in [-0.2, 0) is 30.8 Å². The Balaban J connectivity index is 1.38. The number of fused-ring (bicyclic) bond motifs is 1. The fourth-order valence-corrected chi connectivity index (χ4v) is 3.74. The highest BCUT2D eigenvalue weighted by Crippen LogP contribution is 2.12. The normalized spacial score (nSPS) is 11.1. The molecule has 7 nitrogen and oxygen atoms in total. The molecule has 1 N–H and O–H groups in total. The van der Waals surface area contributed by atoms with Crippen molar-refractivity contribution in [3.8, 4) is 0 Å². The molecule has 4 rings (SSSR count). The van der Waals surface area contributed by atoms with Gasteiger partial charge in [0.2, 0.25) is 5.91 Å². The van der Waals surface area contributed by atoms with Crippen molar-refractivity contribution in [2.24, 2.45) is 0 Å².